The third kappa shape index (κ3) is 2.81. The summed E-state index contributed by atoms with van der Waals surface area (Å²) in [6, 6.07) is 1.25. The zero-order valence-corrected chi connectivity index (χ0v) is 10.6. The maximum Gasteiger partial charge on any atom is 0.311 e. The van der Waals surface area contributed by atoms with E-state index in [0.717, 1.165) is 12.8 Å². The van der Waals surface area contributed by atoms with Gasteiger partial charge < -0.3 is 10.0 Å². The Balaban J connectivity index is 2.35. The number of carboxylic acids is 1. The summed E-state index contributed by atoms with van der Waals surface area (Å²) in [5, 5.41) is 20.0. The number of rotatable bonds is 4. The van der Waals surface area contributed by atoms with Crippen LogP contribution in [0.25, 0.3) is 0 Å². The number of aromatic nitrogens is 1. The molecule has 19 heavy (non-hydrogen) atoms. The first-order valence-corrected chi connectivity index (χ1v) is 6.08. The standard InChI is InChI=1S/C12H15N3O4/c1-8-5-10(15(18)19)12(13-7-8)14-4-2-3-9(14)6-11(16)17/h5,7,9H,2-4,6H2,1H3,(H,16,17). The molecule has 1 unspecified atom stereocenters. The van der Waals surface area contributed by atoms with E-state index in [2.05, 4.69) is 4.98 Å². The van der Waals surface area contributed by atoms with E-state index >= 15 is 0 Å². The van der Waals surface area contributed by atoms with Gasteiger partial charge in [-0.05, 0) is 25.3 Å². The minimum Gasteiger partial charge on any atom is -0.481 e. The average molecular weight is 265 g/mol. The van der Waals surface area contributed by atoms with Crippen LogP contribution in [0.15, 0.2) is 12.3 Å². The second-order valence-electron chi connectivity index (χ2n) is 4.70. The first-order valence-electron chi connectivity index (χ1n) is 6.08. The van der Waals surface area contributed by atoms with Crippen LogP contribution in [-0.4, -0.2) is 33.6 Å². The highest BCUT2D eigenvalue weighted by Gasteiger charge is 2.32. The van der Waals surface area contributed by atoms with Gasteiger partial charge in [0.05, 0.1) is 11.3 Å². The quantitative estimate of drug-likeness (QED) is 0.658. The number of nitro groups is 1. The summed E-state index contributed by atoms with van der Waals surface area (Å²) in [5.74, 6) is -0.619. The van der Waals surface area contributed by atoms with Crippen molar-refractivity contribution in [2.45, 2.75) is 32.2 Å². The molecule has 7 nitrogen and oxygen atoms in total. The van der Waals surface area contributed by atoms with Crippen LogP contribution in [0.5, 0.6) is 0 Å². The number of carboxylic acid groups (broad SMARTS) is 1. The highest BCUT2D eigenvalue weighted by Crippen LogP contribution is 2.33. The number of aryl methyl sites for hydroxylation is 1. The molecule has 7 heteroatoms. The Kier molecular flexibility index (Phi) is 3.64. The SMILES string of the molecule is Cc1cnc(N2CCCC2CC(=O)O)c([N+](=O)[O-])c1. The van der Waals surface area contributed by atoms with Gasteiger partial charge in [-0.25, -0.2) is 4.98 Å². The summed E-state index contributed by atoms with van der Waals surface area (Å²) in [5.41, 5.74) is 0.654. The van der Waals surface area contributed by atoms with Crippen molar-refractivity contribution < 1.29 is 14.8 Å². The second kappa shape index (κ2) is 5.21. The molecule has 1 aromatic rings. The van der Waals surface area contributed by atoms with Crippen LogP contribution < -0.4 is 4.90 Å². The molecule has 0 amide bonds. The summed E-state index contributed by atoms with van der Waals surface area (Å²) in [6.45, 7) is 2.34. The van der Waals surface area contributed by atoms with Crippen LogP contribution in [-0.2, 0) is 4.79 Å². The molecule has 1 saturated heterocycles. The van der Waals surface area contributed by atoms with Crippen LogP contribution in [0.3, 0.4) is 0 Å². The van der Waals surface area contributed by atoms with E-state index in [0.29, 0.717) is 12.1 Å². The van der Waals surface area contributed by atoms with Gasteiger partial charge in [-0.15, -0.1) is 0 Å². The molecule has 2 heterocycles. The van der Waals surface area contributed by atoms with Crippen molar-refractivity contribution in [3.05, 3.63) is 27.9 Å². The molecule has 1 atom stereocenters. The molecule has 1 aliphatic rings. The molecular formula is C12H15N3O4. The minimum absolute atomic E-state index is 0.0211. The number of aliphatic carboxylic acids is 1. The van der Waals surface area contributed by atoms with Gasteiger partial charge in [0.1, 0.15) is 0 Å². The molecule has 102 valence electrons. The molecule has 1 fully saturated rings. The van der Waals surface area contributed by atoms with Crippen molar-refractivity contribution in [3.8, 4) is 0 Å². The lowest BCUT2D eigenvalue weighted by Gasteiger charge is -2.24. The van der Waals surface area contributed by atoms with Crippen LogP contribution in [0.2, 0.25) is 0 Å². The normalized spacial score (nSPS) is 18.6. The molecule has 1 aliphatic heterocycles. The van der Waals surface area contributed by atoms with Gasteiger partial charge >= 0.3 is 11.7 Å². The van der Waals surface area contributed by atoms with E-state index in [4.69, 9.17) is 5.11 Å². The molecule has 1 aromatic heterocycles. The lowest BCUT2D eigenvalue weighted by Crippen LogP contribution is -2.32. The van der Waals surface area contributed by atoms with E-state index in [-0.39, 0.29) is 24.0 Å². The average Bonchev–Trinajstić information content (AvgIpc) is 2.76. The lowest BCUT2D eigenvalue weighted by atomic mass is 10.1. The zero-order valence-electron chi connectivity index (χ0n) is 10.6. The number of nitrogens with zero attached hydrogens (tertiary/aromatic N) is 3. The predicted molar refractivity (Wildman–Crippen MR) is 68.2 cm³/mol. The number of anilines is 1. The fourth-order valence-corrected chi connectivity index (χ4v) is 2.43. The van der Waals surface area contributed by atoms with Crippen molar-refractivity contribution in [2.75, 3.05) is 11.4 Å². The number of pyridine rings is 1. The van der Waals surface area contributed by atoms with Crippen LogP contribution in [0, 0.1) is 17.0 Å². The first-order chi connectivity index (χ1) is 8.99. The van der Waals surface area contributed by atoms with Crippen molar-refractivity contribution in [2.24, 2.45) is 0 Å². The van der Waals surface area contributed by atoms with E-state index in [9.17, 15) is 14.9 Å². The predicted octanol–water partition coefficient (Wildman–Crippen LogP) is 1.74. The van der Waals surface area contributed by atoms with Gasteiger partial charge in [-0.2, -0.15) is 0 Å². The molecule has 0 spiro atoms. The van der Waals surface area contributed by atoms with Gasteiger partial charge in [0.15, 0.2) is 0 Å². The highest BCUT2D eigenvalue weighted by molar-refractivity contribution is 5.69. The second-order valence-corrected chi connectivity index (χ2v) is 4.70. The zero-order chi connectivity index (χ0) is 14.0. The van der Waals surface area contributed by atoms with Crippen LogP contribution >= 0.6 is 0 Å². The summed E-state index contributed by atoms with van der Waals surface area (Å²) in [4.78, 5) is 27.3. The number of carbonyl (C=O) groups is 1. The summed E-state index contributed by atoms with van der Waals surface area (Å²) in [6.07, 6.45) is 3.09. The largest absolute Gasteiger partial charge is 0.481 e. The van der Waals surface area contributed by atoms with Gasteiger partial charge in [0.25, 0.3) is 0 Å². The lowest BCUT2D eigenvalue weighted by molar-refractivity contribution is -0.384. The van der Waals surface area contributed by atoms with Crippen LogP contribution in [0.4, 0.5) is 11.5 Å². The van der Waals surface area contributed by atoms with Gasteiger partial charge in [0.2, 0.25) is 5.82 Å². The number of hydrogen-bond donors (Lipinski definition) is 1. The van der Waals surface area contributed by atoms with E-state index < -0.39 is 10.9 Å². The molecular weight excluding hydrogens is 250 g/mol. The first kappa shape index (κ1) is 13.3. The van der Waals surface area contributed by atoms with Crippen molar-refractivity contribution in [1.82, 2.24) is 4.98 Å². The van der Waals surface area contributed by atoms with E-state index in [1.807, 2.05) is 0 Å². The third-order valence-corrected chi connectivity index (χ3v) is 3.24. The summed E-state index contributed by atoms with van der Waals surface area (Å²) >= 11 is 0. The molecule has 1 N–H and O–H groups in total. The maximum atomic E-state index is 11.1. The molecule has 0 aromatic carbocycles. The molecule has 0 saturated carbocycles. The fraction of sp³-hybridized carbons (Fsp3) is 0.500. The Morgan fingerprint density at radius 2 is 2.42 bits per heavy atom. The Morgan fingerprint density at radius 1 is 1.68 bits per heavy atom. The Hall–Kier alpha value is -2.18. The number of hydrogen-bond acceptors (Lipinski definition) is 5. The van der Waals surface area contributed by atoms with E-state index in [1.165, 1.54) is 6.07 Å². The van der Waals surface area contributed by atoms with Crippen molar-refractivity contribution >= 4 is 17.5 Å². The van der Waals surface area contributed by atoms with Crippen molar-refractivity contribution in [1.29, 1.82) is 0 Å². The Bertz CT molecular complexity index is 518. The molecule has 0 aliphatic carbocycles. The maximum absolute atomic E-state index is 11.1. The topological polar surface area (TPSA) is 96.6 Å². The highest BCUT2D eigenvalue weighted by atomic mass is 16.6. The van der Waals surface area contributed by atoms with Crippen molar-refractivity contribution in [3.63, 3.8) is 0 Å². The smallest absolute Gasteiger partial charge is 0.311 e. The summed E-state index contributed by atoms with van der Waals surface area (Å²) < 4.78 is 0. The Labute approximate surface area is 110 Å². The minimum atomic E-state index is -0.897. The van der Waals surface area contributed by atoms with Gasteiger partial charge in [-0.1, -0.05) is 0 Å². The van der Waals surface area contributed by atoms with Gasteiger partial charge in [-0.3, -0.25) is 14.9 Å². The molecule has 2 rings (SSSR count). The third-order valence-electron chi connectivity index (χ3n) is 3.24. The van der Waals surface area contributed by atoms with E-state index in [1.54, 1.807) is 18.0 Å². The molecule has 0 bridgehead atoms. The van der Waals surface area contributed by atoms with Crippen LogP contribution in [0.1, 0.15) is 24.8 Å². The fourth-order valence-electron chi connectivity index (χ4n) is 2.43. The monoisotopic (exact) mass is 265 g/mol. The molecule has 0 radical (unpaired) electrons. The van der Waals surface area contributed by atoms with Gasteiger partial charge in [0, 0.05) is 24.8 Å². The summed E-state index contributed by atoms with van der Waals surface area (Å²) in [7, 11) is 0. The Morgan fingerprint density at radius 3 is 3.05 bits per heavy atom.